The lowest BCUT2D eigenvalue weighted by Crippen LogP contribution is -2.43. The average Bonchev–Trinajstić information content (AvgIpc) is 2.62. The number of esters is 1. The molecule has 0 aromatic heterocycles. The largest absolute Gasteiger partial charge is 0.465 e. The van der Waals surface area contributed by atoms with Crippen molar-refractivity contribution in [3.05, 3.63) is 58.6 Å². The molecule has 136 valence electrons. The summed E-state index contributed by atoms with van der Waals surface area (Å²) in [4.78, 5) is 25.5. The van der Waals surface area contributed by atoms with E-state index >= 15 is 0 Å². The number of fused-ring (bicyclic) bond motifs is 1. The molecule has 0 radical (unpaired) electrons. The van der Waals surface area contributed by atoms with Gasteiger partial charge in [-0.05, 0) is 61.4 Å². The fourth-order valence-corrected chi connectivity index (χ4v) is 3.65. The van der Waals surface area contributed by atoms with E-state index in [1.807, 2.05) is 36.1 Å². The molecule has 2 aromatic carbocycles. The minimum atomic E-state index is -0.364. The number of ether oxygens (including phenoxy) is 1. The molecule has 0 unspecified atom stereocenters. The molecule has 1 aliphatic rings. The third kappa shape index (κ3) is 3.53. The Bertz CT molecular complexity index is 835. The number of amides is 1. The first-order valence-corrected chi connectivity index (χ1v) is 8.82. The van der Waals surface area contributed by atoms with Crippen LogP contribution >= 0.6 is 11.6 Å². The Morgan fingerprint density at radius 1 is 1.19 bits per heavy atom. The van der Waals surface area contributed by atoms with Crippen molar-refractivity contribution in [3.8, 4) is 0 Å². The molecule has 1 amide bonds. The van der Waals surface area contributed by atoms with Gasteiger partial charge < -0.3 is 15.0 Å². The molecule has 1 aliphatic heterocycles. The summed E-state index contributed by atoms with van der Waals surface area (Å²) in [7, 11) is 1.36. The molecule has 0 aliphatic carbocycles. The number of hydrogen-bond donors (Lipinski definition) is 1. The number of halogens is 1. The number of rotatable bonds is 3. The van der Waals surface area contributed by atoms with Crippen LogP contribution in [0.3, 0.4) is 0 Å². The van der Waals surface area contributed by atoms with Crippen LogP contribution in [0.2, 0.25) is 5.02 Å². The first-order valence-electron chi connectivity index (χ1n) is 8.45. The number of nitrogens with zero attached hydrogens (tertiary/aromatic N) is 1. The van der Waals surface area contributed by atoms with E-state index in [2.05, 4.69) is 5.32 Å². The number of carbonyl (C=O) groups is 2. The fourth-order valence-electron chi connectivity index (χ4n) is 3.47. The smallest absolute Gasteiger partial charge is 0.337 e. The first-order chi connectivity index (χ1) is 12.4. The van der Waals surface area contributed by atoms with Gasteiger partial charge in [0.15, 0.2) is 0 Å². The molecule has 26 heavy (non-hydrogen) atoms. The lowest BCUT2D eigenvalue weighted by atomic mass is 9.91. The van der Waals surface area contributed by atoms with Gasteiger partial charge in [-0.1, -0.05) is 11.6 Å². The minimum Gasteiger partial charge on any atom is -0.465 e. The second-order valence-corrected chi connectivity index (χ2v) is 6.88. The summed E-state index contributed by atoms with van der Waals surface area (Å²) in [6, 6.07) is 12.8. The predicted molar refractivity (Wildman–Crippen MR) is 103 cm³/mol. The Kier molecular flexibility index (Phi) is 5.18. The molecule has 1 heterocycles. The van der Waals surface area contributed by atoms with Crippen LogP contribution in [0.1, 0.15) is 42.2 Å². The summed E-state index contributed by atoms with van der Waals surface area (Å²) >= 11 is 6.20. The summed E-state index contributed by atoms with van der Waals surface area (Å²) in [5, 5.41) is 4.12. The Balaban J connectivity index is 1.91. The van der Waals surface area contributed by atoms with Gasteiger partial charge in [0.2, 0.25) is 5.91 Å². The van der Waals surface area contributed by atoms with Crippen molar-refractivity contribution < 1.29 is 14.3 Å². The van der Waals surface area contributed by atoms with Gasteiger partial charge in [-0.3, -0.25) is 4.79 Å². The maximum absolute atomic E-state index is 12.1. The van der Waals surface area contributed by atoms with E-state index in [4.69, 9.17) is 16.3 Å². The number of carbonyl (C=O) groups excluding carboxylic acids is 2. The van der Waals surface area contributed by atoms with Crippen molar-refractivity contribution in [2.45, 2.75) is 32.4 Å². The fraction of sp³-hybridized carbons (Fsp3) is 0.300. The number of hydrogen-bond acceptors (Lipinski definition) is 4. The summed E-state index contributed by atoms with van der Waals surface area (Å²) < 4.78 is 4.72. The summed E-state index contributed by atoms with van der Waals surface area (Å²) in [5.41, 5.74) is 3.26. The van der Waals surface area contributed by atoms with E-state index < -0.39 is 0 Å². The second-order valence-electron chi connectivity index (χ2n) is 6.44. The molecular weight excluding hydrogens is 352 g/mol. The molecule has 0 spiro atoms. The molecule has 0 fully saturated rings. The highest BCUT2D eigenvalue weighted by Crippen LogP contribution is 2.40. The molecule has 0 saturated carbocycles. The van der Waals surface area contributed by atoms with Gasteiger partial charge in [-0.15, -0.1) is 0 Å². The monoisotopic (exact) mass is 372 g/mol. The normalized spacial score (nSPS) is 18.8. The van der Waals surface area contributed by atoms with Gasteiger partial charge >= 0.3 is 5.97 Å². The average molecular weight is 373 g/mol. The van der Waals surface area contributed by atoms with Crippen molar-refractivity contribution in [2.24, 2.45) is 0 Å². The molecular formula is C20H21ClN2O3. The van der Waals surface area contributed by atoms with Gasteiger partial charge in [0.05, 0.1) is 18.7 Å². The van der Waals surface area contributed by atoms with Crippen molar-refractivity contribution in [1.29, 1.82) is 0 Å². The molecule has 6 heteroatoms. The lowest BCUT2D eigenvalue weighted by molar-refractivity contribution is -0.117. The Labute approximate surface area is 157 Å². The summed E-state index contributed by atoms with van der Waals surface area (Å²) in [6.45, 7) is 3.61. The van der Waals surface area contributed by atoms with Crippen LogP contribution in [0.15, 0.2) is 42.5 Å². The summed E-state index contributed by atoms with van der Waals surface area (Å²) in [6.07, 6.45) is 0.756. The number of benzene rings is 2. The van der Waals surface area contributed by atoms with Gasteiger partial charge in [-0.25, -0.2) is 4.79 Å². The molecule has 1 N–H and O–H groups in total. The highest BCUT2D eigenvalue weighted by atomic mass is 35.5. The highest BCUT2D eigenvalue weighted by molar-refractivity contribution is 6.30. The van der Waals surface area contributed by atoms with E-state index in [9.17, 15) is 9.59 Å². The van der Waals surface area contributed by atoms with Crippen molar-refractivity contribution in [1.82, 2.24) is 0 Å². The van der Waals surface area contributed by atoms with Crippen LogP contribution < -0.4 is 10.2 Å². The molecule has 0 bridgehead atoms. The maximum atomic E-state index is 12.1. The van der Waals surface area contributed by atoms with Crippen LogP contribution in [-0.2, 0) is 9.53 Å². The van der Waals surface area contributed by atoms with Crippen molar-refractivity contribution in [3.63, 3.8) is 0 Å². The SMILES string of the molecule is COC(=O)c1ccc(N[C@@H]2C[C@H](C)N(C(C)=O)c3ccc(Cl)cc32)cc1. The third-order valence-electron chi connectivity index (χ3n) is 4.63. The van der Waals surface area contributed by atoms with Crippen LogP contribution in [0, 0.1) is 0 Å². The van der Waals surface area contributed by atoms with E-state index in [1.54, 1.807) is 25.1 Å². The number of anilines is 2. The van der Waals surface area contributed by atoms with Crippen LogP contribution in [0.25, 0.3) is 0 Å². The van der Waals surface area contributed by atoms with Crippen LogP contribution in [-0.4, -0.2) is 25.0 Å². The minimum absolute atomic E-state index is 0.0123. The predicted octanol–water partition coefficient (Wildman–Crippen LogP) is 4.42. The number of methoxy groups -OCH3 is 1. The molecule has 2 atom stereocenters. The van der Waals surface area contributed by atoms with E-state index in [-0.39, 0.29) is 24.0 Å². The molecule has 5 nitrogen and oxygen atoms in total. The summed E-state index contributed by atoms with van der Waals surface area (Å²) in [5.74, 6) is -0.348. The first kappa shape index (κ1) is 18.3. The quantitative estimate of drug-likeness (QED) is 0.810. The van der Waals surface area contributed by atoms with Gasteiger partial charge in [0, 0.05) is 29.4 Å². The van der Waals surface area contributed by atoms with Crippen molar-refractivity contribution in [2.75, 3.05) is 17.3 Å². The van der Waals surface area contributed by atoms with Gasteiger partial charge in [-0.2, -0.15) is 0 Å². The lowest BCUT2D eigenvalue weighted by Gasteiger charge is -2.39. The zero-order valence-electron chi connectivity index (χ0n) is 15.0. The molecule has 3 rings (SSSR count). The molecule has 2 aromatic rings. The topological polar surface area (TPSA) is 58.6 Å². The highest BCUT2D eigenvalue weighted by Gasteiger charge is 2.32. The van der Waals surface area contributed by atoms with Crippen molar-refractivity contribution >= 4 is 34.9 Å². The van der Waals surface area contributed by atoms with Gasteiger partial charge in [0.1, 0.15) is 0 Å². The zero-order valence-corrected chi connectivity index (χ0v) is 15.7. The zero-order chi connectivity index (χ0) is 18.8. The number of nitrogens with one attached hydrogen (secondary N) is 1. The maximum Gasteiger partial charge on any atom is 0.337 e. The van der Waals surface area contributed by atoms with E-state index in [1.165, 1.54) is 7.11 Å². The van der Waals surface area contributed by atoms with E-state index in [0.29, 0.717) is 10.6 Å². The standard InChI is InChI=1S/C20H21ClN2O3/c1-12-10-18(22-16-7-4-14(5-8-16)20(25)26-3)17-11-15(21)6-9-19(17)23(12)13(2)24/h4-9,11-12,18,22H,10H2,1-3H3/t12-,18+/m0/s1. The Morgan fingerprint density at radius 3 is 2.50 bits per heavy atom. The Morgan fingerprint density at radius 2 is 1.88 bits per heavy atom. The second kappa shape index (κ2) is 7.38. The van der Waals surface area contributed by atoms with Gasteiger partial charge in [0.25, 0.3) is 0 Å². The Hall–Kier alpha value is -2.53. The van der Waals surface area contributed by atoms with Crippen LogP contribution in [0.5, 0.6) is 0 Å². The van der Waals surface area contributed by atoms with E-state index in [0.717, 1.165) is 23.4 Å². The third-order valence-corrected chi connectivity index (χ3v) is 4.86. The molecule has 0 saturated heterocycles. The van der Waals surface area contributed by atoms with Crippen LogP contribution in [0.4, 0.5) is 11.4 Å².